The van der Waals surface area contributed by atoms with Crippen LogP contribution in [0.2, 0.25) is 19.6 Å². The van der Waals surface area contributed by atoms with Gasteiger partial charge in [0.05, 0.1) is 0 Å². The molecule has 0 aliphatic carbocycles. The van der Waals surface area contributed by atoms with Gasteiger partial charge in [0, 0.05) is 11.1 Å². The summed E-state index contributed by atoms with van der Waals surface area (Å²) in [7, 11) is -1.34. The fourth-order valence-electron chi connectivity index (χ4n) is 2.25. The van der Waals surface area contributed by atoms with Gasteiger partial charge in [0.15, 0.2) is 5.78 Å². The number of rotatable bonds is 3. The van der Waals surface area contributed by atoms with Gasteiger partial charge in [-0.1, -0.05) is 46.8 Å². The molecule has 4 heteroatoms. The second-order valence-electron chi connectivity index (χ2n) is 7.38. The minimum absolute atomic E-state index is 0. The lowest BCUT2D eigenvalue weighted by molar-refractivity contribution is 0.101. The van der Waals surface area contributed by atoms with Crippen molar-refractivity contribution in [3.8, 4) is 11.5 Å². The van der Waals surface area contributed by atoms with Gasteiger partial charge in [-0.05, 0) is 67.3 Å². The minimum atomic E-state index is -1.34. The van der Waals surface area contributed by atoms with Crippen LogP contribution in [-0.2, 0) is 12.8 Å². The van der Waals surface area contributed by atoms with Crippen molar-refractivity contribution in [1.82, 2.24) is 0 Å². The Morgan fingerprint density at radius 2 is 1.43 bits per heavy atom. The van der Waals surface area contributed by atoms with E-state index in [2.05, 4.69) is 31.1 Å². The van der Waals surface area contributed by atoms with Crippen LogP contribution in [0.3, 0.4) is 0 Å². The molecule has 0 saturated heterocycles. The van der Waals surface area contributed by atoms with E-state index in [0.29, 0.717) is 24.0 Å². The zero-order valence-corrected chi connectivity index (χ0v) is 18.0. The van der Waals surface area contributed by atoms with E-state index in [4.69, 9.17) is 0 Å². The van der Waals surface area contributed by atoms with E-state index in [-0.39, 0.29) is 24.8 Å². The first-order valence-electron chi connectivity index (χ1n) is 9.18. The molecule has 1 nitrogen and oxygen atoms in total. The second kappa shape index (κ2) is 11.6. The van der Waals surface area contributed by atoms with E-state index < -0.39 is 8.07 Å². The van der Waals surface area contributed by atoms with Crippen LogP contribution < -0.4 is 0 Å². The van der Waals surface area contributed by atoms with E-state index in [1.165, 1.54) is 25.1 Å². The third-order valence-corrected chi connectivity index (χ3v) is 4.72. The molecular weight excluding hydrogens is 370 g/mol. The summed E-state index contributed by atoms with van der Waals surface area (Å²) in [6.45, 7) is 11.9. The van der Waals surface area contributed by atoms with E-state index in [1.807, 2.05) is 19.9 Å². The highest BCUT2D eigenvalue weighted by Gasteiger charge is 2.08. The highest BCUT2D eigenvalue weighted by atomic mass is 28.3. The largest absolute Gasteiger partial charge is 0.295 e. The van der Waals surface area contributed by atoms with Gasteiger partial charge in [0.1, 0.15) is 19.7 Å². The maximum absolute atomic E-state index is 13.2. The first-order valence-corrected chi connectivity index (χ1v) is 12.7. The maximum Gasteiger partial charge on any atom is 0.159 e. The van der Waals surface area contributed by atoms with Crippen molar-refractivity contribution >= 4 is 13.9 Å². The quantitative estimate of drug-likeness (QED) is 0.312. The molecule has 0 fully saturated rings. The zero-order chi connectivity index (χ0) is 20.6. The summed E-state index contributed by atoms with van der Waals surface area (Å²) < 4.78 is 26.1. The molecule has 0 N–H and O–H groups in total. The summed E-state index contributed by atoms with van der Waals surface area (Å²) in [6.07, 6.45) is 1.33. The summed E-state index contributed by atoms with van der Waals surface area (Å²) in [6, 6.07) is 9.57. The molecule has 0 atom stereocenters. The van der Waals surface area contributed by atoms with Crippen molar-refractivity contribution in [2.75, 3.05) is 0 Å². The predicted octanol–water partition coefficient (Wildman–Crippen LogP) is 6.84. The third kappa shape index (κ3) is 8.62. The highest BCUT2D eigenvalue weighted by molar-refractivity contribution is 6.83. The van der Waals surface area contributed by atoms with Gasteiger partial charge in [0.2, 0.25) is 0 Å². The van der Waals surface area contributed by atoms with Crippen LogP contribution in [0.1, 0.15) is 55.2 Å². The molecule has 0 bridgehead atoms. The number of halogens is 2. The van der Waals surface area contributed by atoms with Gasteiger partial charge in [0.25, 0.3) is 0 Å². The monoisotopic (exact) mass is 402 g/mol. The molecule has 28 heavy (non-hydrogen) atoms. The molecule has 0 radical (unpaired) electrons. The van der Waals surface area contributed by atoms with Gasteiger partial charge in [-0.3, -0.25) is 4.79 Å². The SMILES string of the molecule is C.CCc1cc(C#C[Si](C)(C)C)ccc1F.CCc1cc(C(C)=O)ccc1F. The van der Waals surface area contributed by atoms with Crippen LogP contribution in [0.4, 0.5) is 8.78 Å². The number of benzene rings is 2. The van der Waals surface area contributed by atoms with Crippen molar-refractivity contribution in [3.63, 3.8) is 0 Å². The van der Waals surface area contributed by atoms with E-state index in [1.54, 1.807) is 12.1 Å². The Bertz CT molecular complexity index is 855. The number of Topliss-reactive ketones (excluding diaryl/α,β-unsaturated/α-hetero) is 1. The van der Waals surface area contributed by atoms with Crippen LogP contribution in [0.25, 0.3) is 0 Å². The third-order valence-electron chi connectivity index (χ3n) is 3.84. The predicted molar refractivity (Wildman–Crippen MR) is 119 cm³/mol. The van der Waals surface area contributed by atoms with Gasteiger partial charge in [-0.25, -0.2) is 8.78 Å². The molecule has 0 amide bonds. The maximum atomic E-state index is 13.2. The molecule has 0 aromatic heterocycles. The minimum Gasteiger partial charge on any atom is -0.295 e. The van der Waals surface area contributed by atoms with Crippen molar-refractivity contribution < 1.29 is 13.6 Å². The molecule has 0 unspecified atom stereocenters. The normalized spacial score (nSPS) is 10.0. The topological polar surface area (TPSA) is 17.1 Å². The molecule has 0 spiro atoms. The number of carbonyl (C=O) groups excluding carboxylic acids is 1. The number of carbonyl (C=O) groups is 1. The summed E-state index contributed by atoms with van der Waals surface area (Å²) in [5.41, 5.74) is 6.13. The summed E-state index contributed by atoms with van der Waals surface area (Å²) in [4.78, 5) is 10.9. The van der Waals surface area contributed by atoms with E-state index in [9.17, 15) is 13.6 Å². The van der Waals surface area contributed by atoms with Gasteiger partial charge in [-0.2, -0.15) is 0 Å². The van der Waals surface area contributed by atoms with Crippen LogP contribution in [-0.4, -0.2) is 13.9 Å². The molecule has 2 aromatic rings. The molecular formula is C24H32F2OSi. The Labute approximate surface area is 170 Å². The van der Waals surface area contributed by atoms with Crippen molar-refractivity contribution in [2.24, 2.45) is 0 Å². The van der Waals surface area contributed by atoms with Gasteiger partial charge < -0.3 is 0 Å². The standard InChI is InChI=1S/C13H17FSi.C10H11FO.CH4/c1-5-12-10-11(6-7-13(12)14)8-9-15(2,3)4;1-3-8-6-9(7(2)12)4-5-10(8)11;/h6-7,10H,5H2,1-4H3;4-6H,3H2,1-2H3;1H4. The summed E-state index contributed by atoms with van der Waals surface area (Å²) in [5, 5.41) is 0. The lowest BCUT2D eigenvalue weighted by Gasteiger charge is -2.04. The number of ketones is 1. The first-order chi connectivity index (χ1) is 12.6. The Kier molecular flexibility index (Phi) is 10.6. The average molecular weight is 403 g/mol. The second-order valence-corrected chi connectivity index (χ2v) is 12.1. The Morgan fingerprint density at radius 1 is 0.929 bits per heavy atom. The van der Waals surface area contributed by atoms with Crippen molar-refractivity contribution in [3.05, 3.63) is 70.3 Å². The van der Waals surface area contributed by atoms with Crippen molar-refractivity contribution in [1.29, 1.82) is 0 Å². The molecule has 0 heterocycles. The Hall–Kier alpha value is -2.25. The van der Waals surface area contributed by atoms with E-state index in [0.717, 1.165) is 11.1 Å². The highest BCUT2D eigenvalue weighted by Crippen LogP contribution is 2.12. The van der Waals surface area contributed by atoms with Crippen LogP contribution >= 0.6 is 0 Å². The smallest absolute Gasteiger partial charge is 0.159 e. The lowest BCUT2D eigenvalue weighted by Crippen LogP contribution is -2.16. The zero-order valence-electron chi connectivity index (χ0n) is 17.0. The van der Waals surface area contributed by atoms with Crippen LogP contribution in [0, 0.1) is 23.1 Å². The summed E-state index contributed by atoms with van der Waals surface area (Å²) >= 11 is 0. The molecule has 152 valence electrons. The van der Waals surface area contributed by atoms with Crippen molar-refractivity contribution in [2.45, 2.75) is 60.7 Å². The molecule has 2 aromatic carbocycles. The number of aryl methyl sites for hydroxylation is 2. The number of hydrogen-bond donors (Lipinski definition) is 0. The van der Waals surface area contributed by atoms with Gasteiger partial charge >= 0.3 is 0 Å². The number of hydrogen-bond acceptors (Lipinski definition) is 1. The molecule has 0 aliphatic heterocycles. The average Bonchev–Trinajstić information content (AvgIpc) is 2.61. The molecule has 0 aliphatic rings. The molecule has 2 rings (SSSR count). The lowest BCUT2D eigenvalue weighted by atomic mass is 10.1. The molecule has 0 saturated carbocycles. The summed E-state index contributed by atoms with van der Waals surface area (Å²) in [5.74, 6) is 2.75. The van der Waals surface area contributed by atoms with Gasteiger partial charge in [-0.15, -0.1) is 5.54 Å². The fraction of sp³-hybridized carbons (Fsp3) is 0.375. The van der Waals surface area contributed by atoms with Crippen LogP contribution in [0.5, 0.6) is 0 Å². The Morgan fingerprint density at radius 3 is 1.89 bits per heavy atom. The van der Waals surface area contributed by atoms with E-state index >= 15 is 0 Å². The Balaban J connectivity index is 0.000000514. The first kappa shape index (κ1) is 25.7. The van der Waals surface area contributed by atoms with Crippen LogP contribution in [0.15, 0.2) is 36.4 Å². The fourth-order valence-corrected chi connectivity index (χ4v) is 2.77.